The van der Waals surface area contributed by atoms with Crippen molar-refractivity contribution in [2.45, 2.75) is 6.04 Å². The van der Waals surface area contributed by atoms with Crippen molar-refractivity contribution in [2.24, 2.45) is 0 Å². The third-order valence-electron chi connectivity index (χ3n) is 3.69. The van der Waals surface area contributed by atoms with Gasteiger partial charge in [-0.05, 0) is 28.1 Å². The van der Waals surface area contributed by atoms with Crippen LogP contribution in [0.2, 0.25) is 0 Å². The van der Waals surface area contributed by atoms with Crippen LogP contribution in [-0.2, 0) is 0 Å². The number of allylic oxidation sites excluding steroid dienone is 1. The maximum absolute atomic E-state index is 14.2. The topological polar surface area (TPSA) is 55.6 Å². The number of fused-ring (bicyclic) bond motifs is 1. The monoisotopic (exact) mass is 311 g/mol. The number of nitrogens with one attached hydrogen (secondary N) is 1. The zero-order chi connectivity index (χ0) is 15.8. The lowest BCUT2D eigenvalue weighted by Crippen LogP contribution is -2.21. The van der Waals surface area contributed by atoms with Crippen LogP contribution >= 0.6 is 0 Å². The average Bonchev–Trinajstić information content (AvgIpc) is 3.03. The van der Waals surface area contributed by atoms with Crippen LogP contribution < -0.4 is 5.32 Å². The molecule has 2 heterocycles. The fraction of sp³-hybridized carbons (Fsp3) is 0.0625. The van der Waals surface area contributed by atoms with Gasteiger partial charge in [0.25, 0.3) is 0 Å². The number of halogens is 2. The summed E-state index contributed by atoms with van der Waals surface area (Å²) in [5.41, 5.74) is 1.99. The maximum Gasteiger partial charge on any atom is 0.248 e. The molecule has 0 aliphatic carbocycles. The van der Waals surface area contributed by atoms with E-state index in [0.29, 0.717) is 11.5 Å². The summed E-state index contributed by atoms with van der Waals surface area (Å²) in [5.74, 6) is -0.855. The smallest absolute Gasteiger partial charge is 0.248 e. The number of aromatic nitrogens is 4. The van der Waals surface area contributed by atoms with E-state index in [4.69, 9.17) is 0 Å². The molecule has 114 valence electrons. The molecule has 5 nitrogen and oxygen atoms in total. The summed E-state index contributed by atoms with van der Waals surface area (Å²) >= 11 is 0. The number of anilines is 1. The number of rotatable bonds is 2. The lowest BCUT2D eigenvalue weighted by Gasteiger charge is -2.23. The molecule has 1 aliphatic rings. The van der Waals surface area contributed by atoms with Gasteiger partial charge in [-0.1, -0.05) is 41.5 Å². The van der Waals surface area contributed by atoms with Gasteiger partial charge in [0.2, 0.25) is 5.95 Å². The van der Waals surface area contributed by atoms with E-state index in [2.05, 4.69) is 20.8 Å². The zero-order valence-corrected chi connectivity index (χ0v) is 11.8. The first-order valence-corrected chi connectivity index (χ1v) is 6.99. The summed E-state index contributed by atoms with van der Waals surface area (Å²) in [6, 6.07) is 12.5. The Morgan fingerprint density at radius 1 is 1.04 bits per heavy atom. The van der Waals surface area contributed by atoms with Gasteiger partial charge in [-0.15, -0.1) is 0 Å². The van der Waals surface area contributed by atoms with Gasteiger partial charge < -0.3 is 5.32 Å². The highest BCUT2D eigenvalue weighted by molar-refractivity contribution is 5.76. The minimum atomic E-state index is -0.637. The molecule has 23 heavy (non-hydrogen) atoms. The molecule has 0 fully saturated rings. The molecule has 3 aromatic rings. The van der Waals surface area contributed by atoms with E-state index in [-0.39, 0.29) is 0 Å². The second-order valence-corrected chi connectivity index (χ2v) is 5.13. The molecule has 7 heteroatoms. The van der Waals surface area contributed by atoms with Crippen LogP contribution in [0.1, 0.15) is 17.2 Å². The first-order valence-electron chi connectivity index (χ1n) is 6.99. The van der Waals surface area contributed by atoms with Crippen molar-refractivity contribution in [3.8, 4) is 0 Å². The highest BCUT2D eigenvalue weighted by Crippen LogP contribution is 2.32. The van der Waals surface area contributed by atoms with Gasteiger partial charge in [0, 0.05) is 17.3 Å². The van der Waals surface area contributed by atoms with Gasteiger partial charge in [0.05, 0.1) is 0 Å². The Balaban J connectivity index is 1.85. The minimum absolute atomic E-state index is 0.301. The molecular weight excluding hydrogens is 300 g/mol. The van der Waals surface area contributed by atoms with Crippen LogP contribution in [0.3, 0.4) is 0 Å². The lowest BCUT2D eigenvalue weighted by atomic mass is 10.0. The summed E-state index contributed by atoms with van der Waals surface area (Å²) < 4.78 is 28.8. The summed E-state index contributed by atoms with van der Waals surface area (Å²) in [7, 11) is 0. The number of nitrogens with zero attached hydrogens (tertiary/aromatic N) is 4. The Morgan fingerprint density at radius 3 is 2.65 bits per heavy atom. The van der Waals surface area contributed by atoms with Gasteiger partial charge in [-0.2, -0.15) is 4.68 Å². The molecule has 1 aromatic heterocycles. The van der Waals surface area contributed by atoms with Crippen molar-refractivity contribution in [3.63, 3.8) is 0 Å². The third-order valence-corrected chi connectivity index (χ3v) is 3.69. The Kier molecular flexibility index (Phi) is 3.11. The standard InChI is InChI=1S/C16H11F2N5/c17-11-6-7-12(13(18)8-11)15-9-14(10-4-2-1-3-5-10)19-16-20-21-22-23(15)16/h1-9,15H,(H,19,20,22). The van der Waals surface area contributed by atoms with E-state index in [1.165, 1.54) is 16.8 Å². The van der Waals surface area contributed by atoms with Crippen LogP contribution in [0.4, 0.5) is 14.7 Å². The van der Waals surface area contributed by atoms with Gasteiger partial charge in [0.1, 0.15) is 17.7 Å². The molecule has 0 amide bonds. The molecular formula is C16H11F2N5. The fourth-order valence-electron chi connectivity index (χ4n) is 2.60. The molecule has 0 radical (unpaired) electrons. The molecule has 0 spiro atoms. The largest absolute Gasteiger partial charge is 0.323 e. The minimum Gasteiger partial charge on any atom is -0.323 e. The second kappa shape index (κ2) is 5.28. The van der Waals surface area contributed by atoms with Crippen LogP contribution in [0.15, 0.2) is 54.6 Å². The van der Waals surface area contributed by atoms with Crippen molar-refractivity contribution < 1.29 is 8.78 Å². The highest BCUT2D eigenvalue weighted by atomic mass is 19.1. The third kappa shape index (κ3) is 2.36. The molecule has 1 atom stereocenters. The quantitative estimate of drug-likeness (QED) is 0.790. The van der Waals surface area contributed by atoms with Crippen molar-refractivity contribution in [2.75, 3.05) is 5.32 Å². The number of tetrazole rings is 1. The van der Waals surface area contributed by atoms with E-state index >= 15 is 0 Å². The summed E-state index contributed by atoms with van der Waals surface area (Å²) in [6.45, 7) is 0. The van der Waals surface area contributed by atoms with Crippen molar-refractivity contribution in [3.05, 3.63) is 77.4 Å². The molecule has 1 aliphatic heterocycles. The van der Waals surface area contributed by atoms with Crippen molar-refractivity contribution in [1.82, 2.24) is 20.2 Å². The summed E-state index contributed by atoms with van der Waals surface area (Å²) in [4.78, 5) is 0. The highest BCUT2D eigenvalue weighted by Gasteiger charge is 2.26. The van der Waals surface area contributed by atoms with E-state index in [1.807, 2.05) is 36.4 Å². The predicted octanol–water partition coefficient (Wildman–Crippen LogP) is 3.01. The number of hydrogen-bond acceptors (Lipinski definition) is 4. The van der Waals surface area contributed by atoms with E-state index in [1.54, 1.807) is 0 Å². The van der Waals surface area contributed by atoms with Crippen LogP contribution in [0.25, 0.3) is 5.70 Å². The van der Waals surface area contributed by atoms with Gasteiger partial charge in [-0.25, -0.2) is 8.78 Å². The predicted molar refractivity (Wildman–Crippen MR) is 80.4 cm³/mol. The lowest BCUT2D eigenvalue weighted by molar-refractivity contribution is 0.528. The Morgan fingerprint density at radius 2 is 1.87 bits per heavy atom. The summed E-state index contributed by atoms with van der Waals surface area (Å²) in [5, 5.41) is 14.5. The molecule has 0 saturated heterocycles. The zero-order valence-electron chi connectivity index (χ0n) is 11.8. The molecule has 1 unspecified atom stereocenters. The van der Waals surface area contributed by atoms with Crippen LogP contribution in [0, 0.1) is 11.6 Å². The van der Waals surface area contributed by atoms with E-state index in [0.717, 1.165) is 17.3 Å². The normalized spacial score (nSPS) is 16.4. The number of hydrogen-bond donors (Lipinski definition) is 1. The summed E-state index contributed by atoms with van der Waals surface area (Å²) in [6.07, 6.45) is 1.81. The van der Waals surface area contributed by atoms with E-state index < -0.39 is 17.7 Å². The SMILES string of the molecule is Fc1ccc(C2C=C(c3ccccc3)Nc3nnnn32)c(F)c1. The van der Waals surface area contributed by atoms with Gasteiger partial charge in [-0.3, -0.25) is 0 Å². The number of benzene rings is 2. The van der Waals surface area contributed by atoms with E-state index in [9.17, 15) is 8.78 Å². The first kappa shape index (κ1) is 13.6. The first-order chi connectivity index (χ1) is 11.2. The van der Waals surface area contributed by atoms with Gasteiger partial charge >= 0.3 is 0 Å². The average molecular weight is 311 g/mol. The molecule has 4 rings (SSSR count). The fourth-order valence-corrected chi connectivity index (χ4v) is 2.60. The van der Waals surface area contributed by atoms with Crippen LogP contribution in [0.5, 0.6) is 0 Å². The molecule has 0 saturated carbocycles. The van der Waals surface area contributed by atoms with Crippen molar-refractivity contribution >= 4 is 11.6 Å². The molecule has 2 aromatic carbocycles. The second-order valence-electron chi connectivity index (χ2n) is 5.13. The Bertz CT molecular complexity index is 888. The van der Waals surface area contributed by atoms with Crippen molar-refractivity contribution in [1.29, 1.82) is 0 Å². The Hall–Kier alpha value is -3.09. The Labute approximate surface area is 130 Å². The molecule has 0 bridgehead atoms. The maximum atomic E-state index is 14.2. The van der Waals surface area contributed by atoms with Crippen LogP contribution in [-0.4, -0.2) is 20.2 Å². The molecule has 1 N–H and O–H groups in total. The van der Waals surface area contributed by atoms with Gasteiger partial charge in [0.15, 0.2) is 0 Å².